The molecule has 0 amide bonds. The van der Waals surface area contributed by atoms with Crippen LogP contribution in [0.5, 0.6) is 0 Å². The van der Waals surface area contributed by atoms with E-state index in [1.807, 2.05) is 105 Å². The monoisotopic (exact) mass is 699 g/mol. The molecule has 0 N–H and O–H groups in total. The summed E-state index contributed by atoms with van der Waals surface area (Å²) in [4.78, 5) is 15.2. The van der Waals surface area contributed by atoms with Gasteiger partial charge in [-0.05, 0) is 43.2 Å². The third-order valence-electron chi connectivity index (χ3n) is 10.7. The number of aromatic nitrogens is 3. The molecule has 0 saturated carbocycles. The number of hydrogen-bond donors (Lipinski definition) is 0. The summed E-state index contributed by atoms with van der Waals surface area (Å²) >= 11 is 0. The minimum absolute atomic E-state index is 0.452. The zero-order valence-corrected chi connectivity index (χ0v) is 30.1. The van der Waals surface area contributed by atoms with E-state index in [2.05, 4.69) is 42.5 Å². The molecular formula is C47H28B3N3O2. The van der Waals surface area contributed by atoms with Crippen molar-refractivity contribution in [3.8, 4) is 56.4 Å². The molecule has 0 aliphatic heterocycles. The number of para-hydroxylation sites is 3. The van der Waals surface area contributed by atoms with E-state index >= 15 is 0 Å². The predicted molar refractivity (Wildman–Crippen MR) is 227 cm³/mol. The van der Waals surface area contributed by atoms with Gasteiger partial charge in [-0.25, -0.2) is 15.0 Å². The van der Waals surface area contributed by atoms with E-state index in [9.17, 15) is 0 Å². The van der Waals surface area contributed by atoms with Crippen molar-refractivity contribution in [1.82, 2.24) is 15.0 Å². The van der Waals surface area contributed by atoms with Crippen LogP contribution in [0.25, 0.3) is 100 Å². The summed E-state index contributed by atoms with van der Waals surface area (Å²) in [7, 11) is 19.7. The van der Waals surface area contributed by atoms with Crippen LogP contribution in [0.2, 0.25) is 0 Å². The number of fused-ring (bicyclic) bond motifs is 6. The average molecular weight is 699 g/mol. The highest BCUT2D eigenvalue weighted by Gasteiger charge is 2.22. The second-order valence-electron chi connectivity index (χ2n) is 13.9. The highest BCUT2D eigenvalue weighted by Crippen LogP contribution is 2.43. The molecule has 0 spiro atoms. The van der Waals surface area contributed by atoms with Crippen LogP contribution in [-0.2, 0) is 0 Å². The molecule has 3 aromatic heterocycles. The topological polar surface area (TPSA) is 65.0 Å². The highest BCUT2D eigenvalue weighted by molar-refractivity contribution is 6.54. The quantitative estimate of drug-likeness (QED) is 0.168. The Balaban J connectivity index is 1.18. The van der Waals surface area contributed by atoms with Crippen molar-refractivity contribution >= 4 is 83.8 Å². The molecule has 0 saturated heterocycles. The molecular weight excluding hydrogens is 671 g/mol. The van der Waals surface area contributed by atoms with Gasteiger partial charge in [0.1, 0.15) is 45.9 Å². The van der Waals surface area contributed by atoms with E-state index in [1.54, 1.807) is 0 Å². The highest BCUT2D eigenvalue weighted by atomic mass is 16.3. The molecule has 3 heterocycles. The second-order valence-corrected chi connectivity index (χ2v) is 13.9. The molecule has 0 aliphatic carbocycles. The maximum absolute atomic E-state index is 6.72. The Bertz CT molecular complexity index is 3140. The van der Waals surface area contributed by atoms with Gasteiger partial charge in [0, 0.05) is 49.4 Å². The Morgan fingerprint density at radius 3 is 1.75 bits per heavy atom. The van der Waals surface area contributed by atoms with Crippen LogP contribution < -0.4 is 16.4 Å². The molecule has 0 atom stereocenters. The first kappa shape index (κ1) is 33.0. The fraction of sp³-hybridized carbons (Fsp3) is 0.0426. The number of furan rings is 2. The van der Waals surface area contributed by atoms with Crippen LogP contribution >= 0.6 is 0 Å². The third-order valence-corrected chi connectivity index (χ3v) is 10.7. The zero-order chi connectivity index (χ0) is 37.4. The van der Waals surface area contributed by atoms with Crippen LogP contribution in [0.4, 0.5) is 0 Å². The van der Waals surface area contributed by atoms with Crippen LogP contribution in [0.3, 0.4) is 0 Å². The summed E-state index contributed by atoms with van der Waals surface area (Å²) in [6.07, 6.45) is 0. The fourth-order valence-corrected chi connectivity index (χ4v) is 7.75. The first-order chi connectivity index (χ1) is 26.9. The van der Waals surface area contributed by atoms with Crippen molar-refractivity contribution in [3.63, 3.8) is 0 Å². The van der Waals surface area contributed by atoms with E-state index in [4.69, 9.17) is 47.3 Å². The van der Waals surface area contributed by atoms with E-state index < -0.39 is 0 Å². The Kier molecular flexibility index (Phi) is 7.63. The molecule has 0 unspecified atom stereocenters. The molecule has 0 fully saturated rings. The lowest BCUT2D eigenvalue weighted by Crippen LogP contribution is -2.37. The van der Waals surface area contributed by atoms with Crippen LogP contribution in [-0.4, -0.2) is 38.5 Å². The van der Waals surface area contributed by atoms with Gasteiger partial charge in [0.15, 0.2) is 17.5 Å². The molecule has 7 aromatic carbocycles. The van der Waals surface area contributed by atoms with Gasteiger partial charge in [0.2, 0.25) is 0 Å². The average Bonchev–Trinajstić information content (AvgIpc) is 3.81. The van der Waals surface area contributed by atoms with E-state index in [0.29, 0.717) is 39.4 Å². The second kappa shape index (κ2) is 12.7. The minimum Gasteiger partial charge on any atom is -0.455 e. The molecule has 10 rings (SSSR count). The zero-order valence-electron chi connectivity index (χ0n) is 30.1. The lowest BCUT2D eigenvalue weighted by atomic mass is 9.67. The maximum atomic E-state index is 6.72. The van der Waals surface area contributed by atoms with Crippen LogP contribution in [0.15, 0.2) is 142 Å². The SMILES string of the molecule is [B]c1c([B])c(-c2cccc(-c3nc(-c4ccccc4)nc(-c4cccc5oc6c(-c7cccc8c7oc7ccccc78)cccc6c45)n3)c2)c([B])c(C)c1C. The molecule has 0 aliphatic rings. The number of hydrogen-bond acceptors (Lipinski definition) is 5. The van der Waals surface area contributed by atoms with Crippen molar-refractivity contribution < 1.29 is 8.83 Å². The molecule has 252 valence electrons. The molecule has 6 radical (unpaired) electrons. The van der Waals surface area contributed by atoms with Crippen molar-refractivity contribution in [3.05, 3.63) is 145 Å². The predicted octanol–water partition coefficient (Wildman–Crippen LogP) is 9.00. The third kappa shape index (κ3) is 5.24. The first-order valence-electron chi connectivity index (χ1n) is 18.1. The fourth-order valence-electron chi connectivity index (χ4n) is 7.75. The van der Waals surface area contributed by atoms with Gasteiger partial charge in [-0.15, -0.1) is 0 Å². The summed E-state index contributed by atoms with van der Waals surface area (Å²) in [5, 5.41) is 3.99. The van der Waals surface area contributed by atoms with E-state index in [1.165, 1.54) is 0 Å². The molecule has 10 aromatic rings. The summed E-state index contributed by atoms with van der Waals surface area (Å²) in [5.41, 5.74) is 12.4. The molecule has 55 heavy (non-hydrogen) atoms. The van der Waals surface area contributed by atoms with Gasteiger partial charge in [0.25, 0.3) is 0 Å². The minimum atomic E-state index is 0.452. The van der Waals surface area contributed by atoms with Gasteiger partial charge in [-0.1, -0.05) is 143 Å². The summed E-state index contributed by atoms with van der Waals surface area (Å²) in [5.74, 6) is 1.56. The summed E-state index contributed by atoms with van der Waals surface area (Å²) in [6, 6.07) is 44.4. The van der Waals surface area contributed by atoms with Gasteiger partial charge in [-0.3, -0.25) is 0 Å². The van der Waals surface area contributed by atoms with Crippen molar-refractivity contribution in [2.24, 2.45) is 0 Å². The van der Waals surface area contributed by atoms with Gasteiger partial charge < -0.3 is 8.83 Å². The standard InChI is InChI=1S/C47H28B3N3O2/c1-25-26(2)41(49)42(50)38(40(25)48)28-14-8-15-29(24-28)46-51-45(27-12-4-3-5-13-27)52-47(53-46)35-21-11-23-37-39(35)34-20-10-19-33(44(34)55-37)32-18-9-17-31-30-16-6-7-22-36(30)54-43(31)32/h3-24H,1-2H3. The molecule has 0 bridgehead atoms. The number of nitrogens with zero attached hydrogens (tertiary/aromatic N) is 3. The van der Waals surface area contributed by atoms with Gasteiger partial charge >= 0.3 is 0 Å². The van der Waals surface area contributed by atoms with Gasteiger partial charge in [-0.2, -0.15) is 0 Å². The smallest absolute Gasteiger partial charge is 0.164 e. The first-order valence-corrected chi connectivity index (χ1v) is 18.1. The Hall–Kier alpha value is -6.66. The summed E-state index contributed by atoms with van der Waals surface area (Å²) < 4.78 is 13.2. The Morgan fingerprint density at radius 2 is 0.945 bits per heavy atom. The van der Waals surface area contributed by atoms with Crippen molar-refractivity contribution in [1.29, 1.82) is 0 Å². The van der Waals surface area contributed by atoms with Crippen molar-refractivity contribution in [2.75, 3.05) is 0 Å². The molecule has 5 nitrogen and oxygen atoms in total. The lowest BCUT2D eigenvalue weighted by molar-refractivity contribution is 0.665. The Labute approximate surface area is 321 Å². The van der Waals surface area contributed by atoms with Crippen LogP contribution in [0.1, 0.15) is 11.1 Å². The normalized spacial score (nSPS) is 11.7. The lowest BCUT2D eigenvalue weighted by Gasteiger charge is -2.20. The van der Waals surface area contributed by atoms with E-state index in [0.717, 1.165) is 88.4 Å². The van der Waals surface area contributed by atoms with Crippen LogP contribution in [0, 0.1) is 13.8 Å². The van der Waals surface area contributed by atoms with E-state index in [-0.39, 0.29) is 0 Å². The largest absolute Gasteiger partial charge is 0.455 e. The number of rotatable bonds is 5. The van der Waals surface area contributed by atoms with Gasteiger partial charge in [0.05, 0.1) is 0 Å². The summed E-state index contributed by atoms with van der Waals surface area (Å²) in [6.45, 7) is 3.89. The molecule has 8 heteroatoms. The Morgan fingerprint density at radius 1 is 0.418 bits per heavy atom. The van der Waals surface area contributed by atoms with Crippen molar-refractivity contribution in [2.45, 2.75) is 13.8 Å². The maximum Gasteiger partial charge on any atom is 0.164 e. The number of benzene rings is 7.